The number of halogens is 4. The van der Waals surface area contributed by atoms with Crippen LogP contribution in [-0.2, 0) is 0 Å². The summed E-state index contributed by atoms with van der Waals surface area (Å²) in [5.74, 6) is -2.03. The molecule has 8 heteroatoms. The number of ether oxygens (including phenoxy) is 1. The number of alkyl halides is 3. The van der Waals surface area contributed by atoms with Crippen LogP contribution in [0, 0.1) is 5.82 Å². The zero-order chi connectivity index (χ0) is 10.1. The quantitative estimate of drug-likeness (QED) is 0.530. The van der Waals surface area contributed by atoms with Crippen molar-refractivity contribution in [3.63, 3.8) is 0 Å². The molecule has 0 amide bonds. The van der Waals surface area contributed by atoms with E-state index in [4.69, 9.17) is 7.85 Å². The van der Waals surface area contributed by atoms with Crippen LogP contribution in [0.2, 0.25) is 0 Å². The van der Waals surface area contributed by atoms with Crippen LogP contribution in [0.3, 0.4) is 0 Å². The molecule has 0 spiro atoms. The first-order valence-corrected chi connectivity index (χ1v) is 3.19. The van der Waals surface area contributed by atoms with Crippen LogP contribution in [0.15, 0.2) is 18.2 Å². The monoisotopic (exact) mass is 224 g/mol. The number of rotatable bonds is 1. The minimum absolute atomic E-state index is 0. The summed E-state index contributed by atoms with van der Waals surface area (Å²) in [4.78, 5) is 0. The Kier molecular flexibility index (Phi) is 6.00. The second-order valence-electron chi connectivity index (χ2n) is 2.24. The van der Waals surface area contributed by atoms with Gasteiger partial charge >= 0.3 is 71.7 Å². The Bertz CT molecular complexity index is 316. The Balaban J connectivity index is 0. The first-order chi connectivity index (χ1) is 5.88. The van der Waals surface area contributed by atoms with Crippen molar-refractivity contribution in [3.05, 3.63) is 24.0 Å². The van der Waals surface area contributed by atoms with E-state index in [2.05, 4.69) is 4.74 Å². The van der Waals surface area contributed by atoms with E-state index in [0.29, 0.717) is 0 Å². The third-order valence-corrected chi connectivity index (χ3v) is 1.18. The van der Waals surface area contributed by atoms with Crippen molar-refractivity contribution in [2.75, 3.05) is 0 Å². The van der Waals surface area contributed by atoms with E-state index in [0.717, 1.165) is 18.2 Å². The van der Waals surface area contributed by atoms with Crippen molar-refractivity contribution in [2.45, 2.75) is 6.36 Å². The van der Waals surface area contributed by atoms with Crippen molar-refractivity contribution in [1.29, 1.82) is 0 Å². The van der Waals surface area contributed by atoms with Crippen LogP contribution in [-0.4, -0.2) is 25.2 Å². The summed E-state index contributed by atoms with van der Waals surface area (Å²) in [6.45, 7) is 0. The molecule has 0 saturated carbocycles. The number of benzene rings is 1. The minimum atomic E-state index is -4.89. The van der Waals surface area contributed by atoms with Gasteiger partial charge in [-0.25, -0.2) is 0 Å². The molecule has 1 aromatic carbocycles. The maximum atomic E-state index is 12.7. The van der Waals surface area contributed by atoms with E-state index < -0.39 is 17.9 Å². The van der Waals surface area contributed by atoms with Gasteiger partial charge in [0.25, 0.3) is 0 Å². The largest absolute Gasteiger partial charge is 0.870 e. The Morgan fingerprint density at radius 3 is 2.07 bits per heavy atom. The van der Waals surface area contributed by atoms with E-state index in [1.165, 1.54) is 0 Å². The van der Waals surface area contributed by atoms with Crippen LogP contribution in [0.25, 0.3) is 0 Å². The third-order valence-electron chi connectivity index (χ3n) is 1.18. The molecule has 0 aliphatic carbocycles. The molecule has 82 valence electrons. The summed E-state index contributed by atoms with van der Waals surface area (Å²) in [7, 11) is 5.11. The molecule has 0 radical (unpaired) electrons. The van der Waals surface area contributed by atoms with Gasteiger partial charge in [-0.2, -0.15) is 0 Å². The van der Waals surface area contributed by atoms with Gasteiger partial charge in [-0.3, -0.25) is 0 Å². The zero-order valence-corrected chi connectivity index (χ0v) is 7.12. The van der Waals surface area contributed by atoms with Crippen molar-refractivity contribution < 1.29 is 33.3 Å². The molecule has 0 aliphatic rings. The number of hydrogen-bond acceptors (Lipinski definition) is 3. The molecule has 3 nitrogen and oxygen atoms in total. The van der Waals surface area contributed by atoms with E-state index in [9.17, 15) is 17.6 Å². The van der Waals surface area contributed by atoms with Gasteiger partial charge in [-0.05, 0) is 0 Å². The summed E-state index contributed by atoms with van der Waals surface area (Å²) >= 11 is 0. The van der Waals surface area contributed by atoms with E-state index in [-0.39, 0.29) is 16.4 Å². The van der Waals surface area contributed by atoms with Crippen molar-refractivity contribution in [3.8, 4) is 5.75 Å². The molecule has 0 fully saturated rings. The van der Waals surface area contributed by atoms with Gasteiger partial charge in [0.1, 0.15) is 0 Å². The zero-order valence-electron chi connectivity index (χ0n) is 7.12. The number of hydrogen-bond donors (Lipinski definition) is 0. The Morgan fingerprint density at radius 2 is 1.67 bits per heavy atom. The van der Waals surface area contributed by atoms with Crippen LogP contribution >= 0.6 is 0 Å². The van der Waals surface area contributed by atoms with Gasteiger partial charge in [-0.15, -0.1) is 0 Å². The average molecular weight is 224 g/mol. The van der Waals surface area contributed by atoms with Crippen LogP contribution in [0.4, 0.5) is 17.6 Å². The molecule has 15 heavy (non-hydrogen) atoms. The second kappa shape index (κ2) is 5.57. The molecule has 0 atom stereocenters. The topological polar surface area (TPSA) is 69.2 Å². The van der Waals surface area contributed by atoms with Crippen LogP contribution in [0.5, 0.6) is 5.75 Å². The fraction of sp³-hybridized carbons (Fsp3) is 0.143. The first kappa shape index (κ1) is 16.2. The summed E-state index contributed by atoms with van der Waals surface area (Å²) in [6, 6.07) is 2.68. The summed E-state index contributed by atoms with van der Waals surface area (Å²) in [5.41, 5.74) is 0.0343. The smallest absolute Gasteiger partial charge is 0.870 e. The summed E-state index contributed by atoms with van der Waals surface area (Å²) in [5, 5.41) is 0. The Morgan fingerprint density at radius 1 is 1.13 bits per heavy atom. The van der Waals surface area contributed by atoms with Crippen molar-refractivity contribution in [1.82, 2.24) is 0 Å². The van der Waals surface area contributed by atoms with E-state index in [1.54, 1.807) is 0 Å². The molecule has 1 rings (SSSR count). The molecule has 0 unspecified atom stereocenters. The van der Waals surface area contributed by atoms with Gasteiger partial charge in [0.2, 0.25) is 0 Å². The fourth-order valence-electron chi connectivity index (χ4n) is 0.725. The summed E-state index contributed by atoms with van der Waals surface area (Å²) < 4.78 is 50.8. The van der Waals surface area contributed by atoms with E-state index in [1.807, 2.05) is 0 Å². The average Bonchev–Trinajstić information content (AvgIpc) is 1.93. The SMILES string of the molecule is [B+2]c1ccc(OC(F)(F)F)c(F)c1.[OH-].[OH-]. The predicted octanol–water partition coefficient (Wildman–Crippen LogP) is 1.16. The van der Waals surface area contributed by atoms with Crippen molar-refractivity contribution in [2.24, 2.45) is 0 Å². The molecule has 1 aromatic rings. The second-order valence-corrected chi connectivity index (χ2v) is 2.24. The third kappa shape index (κ3) is 5.23. The summed E-state index contributed by atoms with van der Waals surface area (Å²) in [6.07, 6.45) is -4.89. The van der Waals surface area contributed by atoms with Crippen LogP contribution in [0.1, 0.15) is 0 Å². The van der Waals surface area contributed by atoms with Crippen molar-refractivity contribution >= 4 is 13.3 Å². The molecular formula is C7H5BF4O3. The molecule has 0 bridgehead atoms. The molecule has 0 aliphatic heterocycles. The Hall–Kier alpha value is -1.28. The molecule has 0 saturated heterocycles. The van der Waals surface area contributed by atoms with Gasteiger partial charge in [-0.1, -0.05) is 0 Å². The van der Waals surface area contributed by atoms with E-state index >= 15 is 0 Å². The molecular weight excluding hydrogens is 219 g/mol. The molecule has 0 aromatic heterocycles. The Labute approximate surface area is 83.7 Å². The maximum Gasteiger partial charge on any atom is -0.870 e. The van der Waals surface area contributed by atoms with Gasteiger partial charge in [0, 0.05) is 0 Å². The van der Waals surface area contributed by atoms with Gasteiger partial charge in [0.15, 0.2) is 0 Å². The minimum Gasteiger partial charge on any atom is -0.870 e. The standard InChI is InChI=1S/C7H3BF4O.2H2O/c8-4-1-2-6(5(9)3-4)13-7(10,11)12;;/h1-3H;2*1H2/q+2;;/p-2. The maximum absolute atomic E-state index is 12.7. The van der Waals surface area contributed by atoms with Crippen LogP contribution < -0.4 is 10.2 Å². The fourth-order valence-corrected chi connectivity index (χ4v) is 0.725. The molecule has 2 N–H and O–H groups in total. The predicted molar refractivity (Wildman–Crippen MR) is 42.3 cm³/mol. The van der Waals surface area contributed by atoms with Gasteiger partial charge < -0.3 is 11.0 Å². The first-order valence-electron chi connectivity index (χ1n) is 3.19. The normalized spacial score (nSPS) is 10.0. The molecule has 0 heterocycles. The van der Waals surface area contributed by atoms with Gasteiger partial charge in [0.05, 0.1) is 0 Å².